The summed E-state index contributed by atoms with van der Waals surface area (Å²) in [5, 5.41) is 6.53. The number of nitrogens with one attached hydrogen (secondary N) is 3. The number of benzene rings is 2. The summed E-state index contributed by atoms with van der Waals surface area (Å²) in [5.74, 6) is -0.246. The van der Waals surface area contributed by atoms with E-state index < -0.39 is 10.0 Å². The lowest BCUT2D eigenvalue weighted by Gasteiger charge is -2.13. The average Bonchev–Trinajstić information content (AvgIpc) is 2.62. The number of likely N-dealkylation sites (N-methyl/N-ethyl adjacent to an activating group) is 1. The third-order valence-electron chi connectivity index (χ3n) is 3.64. The zero-order chi connectivity index (χ0) is 19.2. The van der Waals surface area contributed by atoms with Crippen molar-refractivity contribution in [1.82, 2.24) is 10.6 Å². The van der Waals surface area contributed by atoms with Crippen molar-refractivity contribution in [2.24, 2.45) is 0 Å². The molecule has 0 unspecified atom stereocenters. The first-order valence-corrected chi connectivity index (χ1v) is 10.1. The Bertz CT molecular complexity index is 841. The summed E-state index contributed by atoms with van der Waals surface area (Å²) in [4.78, 5) is 12.2. The molecule has 3 N–H and O–H groups in total. The first-order chi connectivity index (χ1) is 12.3. The van der Waals surface area contributed by atoms with Crippen LogP contribution in [0.5, 0.6) is 0 Å². The van der Waals surface area contributed by atoms with Gasteiger partial charge in [-0.1, -0.05) is 18.5 Å². The SMILES string of the molecule is CCN[C@H](C)CNC(=O)c1ccc(S(=O)(=O)Nc2ccc(Cl)cc2)cc1.Cl. The molecule has 0 fully saturated rings. The summed E-state index contributed by atoms with van der Waals surface area (Å²) in [6, 6.07) is 12.3. The van der Waals surface area contributed by atoms with E-state index in [1.807, 2.05) is 13.8 Å². The number of hydrogen-bond acceptors (Lipinski definition) is 4. The molecule has 9 heteroatoms. The van der Waals surface area contributed by atoms with Crippen molar-refractivity contribution in [2.45, 2.75) is 24.8 Å². The standard InChI is InChI=1S/C18H22ClN3O3S.ClH/c1-3-20-13(2)12-21-18(23)14-4-10-17(11-5-14)26(24,25)22-16-8-6-15(19)7-9-16;/h4-11,13,20,22H,3,12H2,1-2H3,(H,21,23);1H/t13-;/m1./s1. The largest absolute Gasteiger partial charge is 0.350 e. The number of halogens is 2. The van der Waals surface area contributed by atoms with Crippen LogP contribution in [0.3, 0.4) is 0 Å². The van der Waals surface area contributed by atoms with Gasteiger partial charge < -0.3 is 10.6 Å². The lowest BCUT2D eigenvalue weighted by molar-refractivity contribution is 0.0950. The number of amides is 1. The van der Waals surface area contributed by atoms with Gasteiger partial charge >= 0.3 is 0 Å². The molecule has 1 atom stereocenters. The first-order valence-electron chi connectivity index (χ1n) is 8.22. The molecule has 6 nitrogen and oxygen atoms in total. The Morgan fingerprint density at radius 2 is 1.67 bits per heavy atom. The smallest absolute Gasteiger partial charge is 0.261 e. The lowest BCUT2D eigenvalue weighted by Crippen LogP contribution is -2.38. The fourth-order valence-corrected chi connectivity index (χ4v) is 3.47. The Kier molecular flexibility index (Phi) is 9.05. The van der Waals surface area contributed by atoms with Crippen LogP contribution < -0.4 is 15.4 Å². The molecule has 0 aliphatic carbocycles. The van der Waals surface area contributed by atoms with Gasteiger partial charge in [-0.05, 0) is 62.0 Å². The molecule has 1 amide bonds. The second-order valence-electron chi connectivity index (χ2n) is 5.81. The lowest BCUT2D eigenvalue weighted by atomic mass is 10.2. The van der Waals surface area contributed by atoms with E-state index in [-0.39, 0.29) is 29.3 Å². The minimum absolute atomic E-state index is 0. The van der Waals surface area contributed by atoms with Gasteiger partial charge in [-0.3, -0.25) is 9.52 Å². The van der Waals surface area contributed by atoms with Crippen molar-refractivity contribution in [1.29, 1.82) is 0 Å². The molecule has 0 heterocycles. The van der Waals surface area contributed by atoms with Crippen LogP contribution >= 0.6 is 24.0 Å². The molecule has 0 aliphatic heterocycles. The number of rotatable bonds is 8. The van der Waals surface area contributed by atoms with Gasteiger partial charge in [-0.25, -0.2) is 8.42 Å². The van der Waals surface area contributed by atoms with Gasteiger partial charge in [-0.2, -0.15) is 0 Å². The molecule has 2 aromatic rings. The highest BCUT2D eigenvalue weighted by Gasteiger charge is 2.15. The van der Waals surface area contributed by atoms with Crippen molar-refractivity contribution < 1.29 is 13.2 Å². The predicted molar refractivity (Wildman–Crippen MR) is 111 cm³/mol. The predicted octanol–water partition coefficient (Wildman–Crippen LogP) is 3.29. The molecule has 2 aromatic carbocycles. The highest BCUT2D eigenvalue weighted by molar-refractivity contribution is 7.92. The van der Waals surface area contributed by atoms with Crippen LogP contribution in [0.1, 0.15) is 24.2 Å². The van der Waals surface area contributed by atoms with Gasteiger partial charge in [0.25, 0.3) is 15.9 Å². The van der Waals surface area contributed by atoms with Crippen LogP contribution in [-0.2, 0) is 10.0 Å². The van der Waals surface area contributed by atoms with Crippen LogP contribution in [0.15, 0.2) is 53.4 Å². The maximum atomic E-state index is 12.4. The molecule has 0 aliphatic rings. The minimum atomic E-state index is -3.74. The van der Waals surface area contributed by atoms with Crippen LogP contribution in [0.4, 0.5) is 5.69 Å². The fourth-order valence-electron chi connectivity index (χ4n) is 2.29. The van der Waals surface area contributed by atoms with E-state index in [0.29, 0.717) is 22.8 Å². The van der Waals surface area contributed by atoms with Gasteiger partial charge in [-0.15, -0.1) is 12.4 Å². The van der Waals surface area contributed by atoms with Crippen LogP contribution in [-0.4, -0.2) is 33.5 Å². The Morgan fingerprint density at radius 3 is 2.22 bits per heavy atom. The van der Waals surface area contributed by atoms with E-state index in [1.165, 1.54) is 24.3 Å². The topological polar surface area (TPSA) is 87.3 Å². The third kappa shape index (κ3) is 7.03. The number of hydrogen-bond donors (Lipinski definition) is 3. The quantitative estimate of drug-likeness (QED) is 0.598. The zero-order valence-corrected chi connectivity index (χ0v) is 17.4. The van der Waals surface area contributed by atoms with Crippen LogP contribution in [0.25, 0.3) is 0 Å². The highest BCUT2D eigenvalue weighted by Crippen LogP contribution is 2.18. The molecule has 0 saturated carbocycles. The number of sulfonamides is 1. The Labute approximate surface area is 171 Å². The summed E-state index contributed by atoms with van der Waals surface area (Å²) in [6.07, 6.45) is 0. The summed E-state index contributed by atoms with van der Waals surface area (Å²) in [6.45, 7) is 5.28. The molecule has 0 radical (unpaired) electrons. The molecular weight excluding hydrogens is 409 g/mol. The summed E-state index contributed by atoms with van der Waals surface area (Å²) in [7, 11) is -3.74. The van der Waals surface area contributed by atoms with E-state index in [1.54, 1.807) is 24.3 Å². The molecule has 2 rings (SSSR count). The third-order valence-corrected chi connectivity index (χ3v) is 5.29. The van der Waals surface area contributed by atoms with Gasteiger partial charge in [0.15, 0.2) is 0 Å². The molecule has 148 valence electrons. The highest BCUT2D eigenvalue weighted by atomic mass is 35.5. The molecule has 0 saturated heterocycles. The second-order valence-corrected chi connectivity index (χ2v) is 7.92. The van der Waals surface area contributed by atoms with Crippen LogP contribution in [0, 0.1) is 0 Å². The Hall–Kier alpha value is -1.80. The maximum Gasteiger partial charge on any atom is 0.261 e. The maximum absolute atomic E-state index is 12.4. The van der Waals surface area contributed by atoms with Crippen LogP contribution in [0.2, 0.25) is 5.02 Å². The van der Waals surface area contributed by atoms with Gasteiger partial charge in [0.05, 0.1) is 4.90 Å². The van der Waals surface area contributed by atoms with E-state index >= 15 is 0 Å². The minimum Gasteiger partial charge on any atom is -0.350 e. The monoisotopic (exact) mass is 431 g/mol. The van der Waals surface area contributed by atoms with Gasteiger partial charge in [0.1, 0.15) is 0 Å². The van der Waals surface area contributed by atoms with E-state index in [4.69, 9.17) is 11.6 Å². The van der Waals surface area contributed by atoms with E-state index in [0.717, 1.165) is 6.54 Å². The molecular formula is C18H23Cl2N3O3S. The Balaban J connectivity index is 0.00000364. The zero-order valence-electron chi connectivity index (χ0n) is 15.0. The van der Waals surface area contributed by atoms with Crippen molar-refractivity contribution in [3.63, 3.8) is 0 Å². The van der Waals surface area contributed by atoms with Gasteiger partial charge in [0, 0.05) is 28.9 Å². The second kappa shape index (κ2) is 10.5. The van der Waals surface area contributed by atoms with E-state index in [2.05, 4.69) is 15.4 Å². The normalized spacial score (nSPS) is 12.0. The number of carbonyl (C=O) groups is 1. The fraction of sp³-hybridized carbons (Fsp3) is 0.278. The average molecular weight is 432 g/mol. The molecule has 0 aromatic heterocycles. The summed E-state index contributed by atoms with van der Waals surface area (Å²) >= 11 is 5.79. The first kappa shape index (κ1) is 23.2. The van der Waals surface area contributed by atoms with Crippen molar-refractivity contribution in [3.05, 3.63) is 59.1 Å². The number of anilines is 1. The molecule has 27 heavy (non-hydrogen) atoms. The van der Waals surface area contributed by atoms with E-state index in [9.17, 15) is 13.2 Å². The molecule has 0 spiro atoms. The summed E-state index contributed by atoms with van der Waals surface area (Å²) < 4.78 is 27.3. The number of carbonyl (C=O) groups excluding carboxylic acids is 1. The van der Waals surface area contributed by atoms with Crippen molar-refractivity contribution in [2.75, 3.05) is 17.8 Å². The summed E-state index contributed by atoms with van der Waals surface area (Å²) in [5.41, 5.74) is 0.813. The Morgan fingerprint density at radius 1 is 1.07 bits per heavy atom. The van der Waals surface area contributed by atoms with Gasteiger partial charge in [0.2, 0.25) is 0 Å². The van der Waals surface area contributed by atoms with Crippen molar-refractivity contribution in [3.8, 4) is 0 Å². The van der Waals surface area contributed by atoms with Crippen molar-refractivity contribution >= 4 is 45.6 Å². The molecule has 0 bridgehead atoms.